The molecule has 0 atom stereocenters. The Kier molecular flexibility index (Phi) is 6.98. The van der Waals surface area contributed by atoms with E-state index in [1.54, 1.807) is 0 Å². The average Bonchev–Trinajstić information content (AvgIpc) is 2.37. The van der Waals surface area contributed by atoms with Crippen molar-refractivity contribution >= 4 is 0 Å². The summed E-state index contributed by atoms with van der Waals surface area (Å²) >= 11 is 0. The Labute approximate surface area is 111 Å². The number of benzene rings is 1. The van der Waals surface area contributed by atoms with Crippen molar-refractivity contribution in [2.24, 2.45) is 0 Å². The predicted molar refractivity (Wildman–Crippen MR) is 76.7 cm³/mol. The fourth-order valence-corrected chi connectivity index (χ4v) is 1.74. The van der Waals surface area contributed by atoms with Crippen LogP contribution in [0.15, 0.2) is 18.2 Å². The quantitative estimate of drug-likeness (QED) is 0.560. The molecule has 2 nitrogen and oxygen atoms in total. The molecule has 1 aromatic carbocycles. The minimum atomic E-state index is 0.689. The van der Waals surface area contributed by atoms with Crippen LogP contribution in [0.3, 0.4) is 0 Å². The first-order valence-electron chi connectivity index (χ1n) is 6.64. The lowest BCUT2D eigenvalue weighted by Gasteiger charge is -2.12. The molecular weight excluding hydrogens is 222 g/mol. The molecule has 0 heterocycles. The molecular formula is C16H23NO. The van der Waals surface area contributed by atoms with Crippen LogP contribution in [-0.4, -0.2) is 13.2 Å². The summed E-state index contributed by atoms with van der Waals surface area (Å²) in [5, 5.41) is 3.41. The smallest absolute Gasteiger partial charge is 0.123 e. The minimum absolute atomic E-state index is 0.689. The summed E-state index contributed by atoms with van der Waals surface area (Å²) in [5.74, 6) is 3.60. The minimum Gasteiger partial charge on any atom is -0.493 e. The SMILES string of the molecule is C#CCCCOc1ccc(C)cc1CNCCC. The zero-order valence-electron chi connectivity index (χ0n) is 11.5. The Morgan fingerprint density at radius 2 is 2.22 bits per heavy atom. The highest BCUT2D eigenvalue weighted by Gasteiger charge is 2.03. The zero-order chi connectivity index (χ0) is 13.2. The number of aryl methyl sites for hydroxylation is 1. The zero-order valence-corrected chi connectivity index (χ0v) is 11.5. The maximum atomic E-state index is 5.79. The summed E-state index contributed by atoms with van der Waals surface area (Å²) in [4.78, 5) is 0. The van der Waals surface area contributed by atoms with Gasteiger partial charge >= 0.3 is 0 Å². The van der Waals surface area contributed by atoms with E-state index in [0.29, 0.717) is 6.61 Å². The van der Waals surface area contributed by atoms with Gasteiger partial charge in [0, 0.05) is 18.5 Å². The Balaban J connectivity index is 2.56. The van der Waals surface area contributed by atoms with Crippen molar-refractivity contribution in [1.82, 2.24) is 5.32 Å². The van der Waals surface area contributed by atoms with Crippen LogP contribution in [0.1, 0.15) is 37.3 Å². The van der Waals surface area contributed by atoms with Crippen LogP contribution in [0, 0.1) is 19.3 Å². The first kappa shape index (κ1) is 14.6. The van der Waals surface area contributed by atoms with Crippen LogP contribution in [0.2, 0.25) is 0 Å². The number of unbranched alkanes of at least 4 members (excludes halogenated alkanes) is 1. The molecule has 1 N–H and O–H groups in total. The molecule has 0 bridgehead atoms. The van der Waals surface area contributed by atoms with Gasteiger partial charge in [-0.3, -0.25) is 0 Å². The van der Waals surface area contributed by atoms with Crippen LogP contribution in [-0.2, 0) is 6.54 Å². The first-order valence-corrected chi connectivity index (χ1v) is 6.64. The number of terminal acetylenes is 1. The second kappa shape index (κ2) is 8.60. The summed E-state index contributed by atoms with van der Waals surface area (Å²) in [7, 11) is 0. The fraction of sp³-hybridized carbons (Fsp3) is 0.500. The number of hydrogen-bond donors (Lipinski definition) is 1. The monoisotopic (exact) mass is 245 g/mol. The highest BCUT2D eigenvalue weighted by molar-refractivity contribution is 5.36. The highest BCUT2D eigenvalue weighted by Crippen LogP contribution is 2.20. The first-order chi connectivity index (χ1) is 8.77. The van der Waals surface area contributed by atoms with Gasteiger partial charge in [0.05, 0.1) is 6.61 Å². The molecule has 0 amide bonds. The van der Waals surface area contributed by atoms with Crippen molar-refractivity contribution in [2.75, 3.05) is 13.2 Å². The van der Waals surface area contributed by atoms with Gasteiger partial charge in [-0.05, 0) is 32.4 Å². The van der Waals surface area contributed by atoms with E-state index in [4.69, 9.17) is 11.2 Å². The Hall–Kier alpha value is -1.46. The van der Waals surface area contributed by atoms with Gasteiger partial charge in [0.25, 0.3) is 0 Å². The summed E-state index contributed by atoms with van der Waals surface area (Å²) in [6.45, 7) is 6.85. The standard InChI is InChI=1S/C16H23NO/c1-4-6-7-11-18-16-9-8-14(3)12-15(16)13-17-10-5-2/h1,8-9,12,17H,5-7,10-11,13H2,2-3H3. The van der Waals surface area contributed by atoms with E-state index in [9.17, 15) is 0 Å². The van der Waals surface area contributed by atoms with Gasteiger partial charge in [-0.15, -0.1) is 12.3 Å². The van der Waals surface area contributed by atoms with Gasteiger partial charge in [-0.2, -0.15) is 0 Å². The second-order valence-corrected chi connectivity index (χ2v) is 4.44. The van der Waals surface area contributed by atoms with Crippen molar-refractivity contribution in [1.29, 1.82) is 0 Å². The molecule has 98 valence electrons. The number of nitrogens with one attached hydrogen (secondary N) is 1. The van der Waals surface area contributed by atoms with Crippen LogP contribution >= 0.6 is 0 Å². The molecule has 0 fully saturated rings. The Bertz CT molecular complexity index is 393. The summed E-state index contributed by atoms with van der Waals surface area (Å²) in [5.41, 5.74) is 2.49. The van der Waals surface area contributed by atoms with E-state index in [1.807, 2.05) is 6.07 Å². The topological polar surface area (TPSA) is 21.3 Å². The molecule has 0 aliphatic heterocycles. The van der Waals surface area contributed by atoms with E-state index < -0.39 is 0 Å². The Morgan fingerprint density at radius 1 is 1.39 bits per heavy atom. The van der Waals surface area contributed by atoms with Crippen molar-refractivity contribution in [3.8, 4) is 18.1 Å². The van der Waals surface area contributed by atoms with Crippen LogP contribution in [0.5, 0.6) is 5.75 Å². The van der Waals surface area contributed by atoms with Crippen molar-refractivity contribution in [3.05, 3.63) is 29.3 Å². The predicted octanol–water partition coefficient (Wildman–Crippen LogP) is 3.29. The maximum absolute atomic E-state index is 5.79. The third-order valence-corrected chi connectivity index (χ3v) is 2.68. The highest BCUT2D eigenvalue weighted by atomic mass is 16.5. The molecule has 0 saturated carbocycles. The molecule has 2 heteroatoms. The van der Waals surface area contributed by atoms with E-state index in [2.05, 4.69) is 37.2 Å². The molecule has 1 rings (SSSR count). The van der Waals surface area contributed by atoms with Gasteiger partial charge < -0.3 is 10.1 Å². The number of hydrogen-bond acceptors (Lipinski definition) is 2. The van der Waals surface area contributed by atoms with Gasteiger partial charge in [0.15, 0.2) is 0 Å². The fourth-order valence-electron chi connectivity index (χ4n) is 1.74. The van der Waals surface area contributed by atoms with E-state index in [-0.39, 0.29) is 0 Å². The van der Waals surface area contributed by atoms with Crippen molar-refractivity contribution < 1.29 is 4.74 Å². The van der Waals surface area contributed by atoms with Gasteiger partial charge in [-0.25, -0.2) is 0 Å². The summed E-state index contributed by atoms with van der Waals surface area (Å²) in [6, 6.07) is 6.31. The molecule has 0 unspecified atom stereocenters. The van der Waals surface area contributed by atoms with Crippen molar-refractivity contribution in [3.63, 3.8) is 0 Å². The van der Waals surface area contributed by atoms with E-state index >= 15 is 0 Å². The molecule has 0 aromatic heterocycles. The summed E-state index contributed by atoms with van der Waals surface area (Å²) < 4.78 is 5.79. The normalized spacial score (nSPS) is 10.1. The van der Waals surface area contributed by atoms with Gasteiger partial charge in [-0.1, -0.05) is 24.6 Å². The molecule has 1 aromatic rings. The van der Waals surface area contributed by atoms with Crippen LogP contribution in [0.25, 0.3) is 0 Å². The lowest BCUT2D eigenvalue weighted by atomic mass is 10.1. The third-order valence-electron chi connectivity index (χ3n) is 2.68. The third kappa shape index (κ3) is 5.25. The van der Waals surface area contributed by atoms with Gasteiger partial charge in [0.1, 0.15) is 5.75 Å². The molecule has 0 aliphatic rings. The molecule has 0 radical (unpaired) electrons. The summed E-state index contributed by atoms with van der Waals surface area (Å²) in [6.07, 6.45) is 8.05. The van der Waals surface area contributed by atoms with Gasteiger partial charge in [0.2, 0.25) is 0 Å². The molecule has 0 aliphatic carbocycles. The van der Waals surface area contributed by atoms with E-state index in [1.165, 1.54) is 11.1 Å². The van der Waals surface area contributed by atoms with Crippen molar-refractivity contribution in [2.45, 2.75) is 39.7 Å². The lowest BCUT2D eigenvalue weighted by molar-refractivity contribution is 0.309. The average molecular weight is 245 g/mol. The van der Waals surface area contributed by atoms with Crippen LogP contribution < -0.4 is 10.1 Å². The molecule has 0 saturated heterocycles. The Morgan fingerprint density at radius 3 is 2.94 bits per heavy atom. The molecule has 0 spiro atoms. The second-order valence-electron chi connectivity index (χ2n) is 4.44. The number of ether oxygens (including phenoxy) is 1. The maximum Gasteiger partial charge on any atom is 0.123 e. The number of rotatable bonds is 8. The van der Waals surface area contributed by atoms with E-state index in [0.717, 1.165) is 38.1 Å². The largest absolute Gasteiger partial charge is 0.493 e. The lowest BCUT2D eigenvalue weighted by Crippen LogP contribution is -2.15. The van der Waals surface area contributed by atoms with Crippen LogP contribution in [0.4, 0.5) is 0 Å². The molecule has 18 heavy (non-hydrogen) atoms.